The summed E-state index contributed by atoms with van der Waals surface area (Å²) >= 11 is 0. The van der Waals surface area contributed by atoms with Gasteiger partial charge in [-0.2, -0.15) is 0 Å². The Morgan fingerprint density at radius 1 is 0.846 bits per heavy atom. The topological polar surface area (TPSA) is 149 Å². The van der Waals surface area contributed by atoms with Crippen LogP contribution in [0.2, 0.25) is 0 Å². The normalized spacial score (nSPS) is 23.8. The number of amides is 4. The Labute approximate surface area is 145 Å². The number of carboxylic acid groups (broad SMARTS) is 2. The van der Waals surface area contributed by atoms with Gasteiger partial charge in [0.15, 0.2) is 5.66 Å². The zero-order valence-electron chi connectivity index (χ0n) is 12.9. The summed E-state index contributed by atoms with van der Waals surface area (Å²) in [4.78, 5) is 73.3. The van der Waals surface area contributed by atoms with E-state index >= 15 is 0 Å². The van der Waals surface area contributed by atoms with E-state index in [4.69, 9.17) is 0 Å². The van der Waals surface area contributed by atoms with Crippen LogP contribution >= 0.6 is 0 Å². The maximum absolute atomic E-state index is 12.3. The molecule has 0 saturated heterocycles. The van der Waals surface area contributed by atoms with Crippen LogP contribution in [-0.2, 0) is 28.8 Å². The third-order valence-corrected chi connectivity index (χ3v) is 4.18. The fourth-order valence-corrected chi connectivity index (χ4v) is 3.24. The molecule has 1 atom stereocenters. The molecule has 0 aromatic heterocycles. The highest BCUT2D eigenvalue weighted by atomic mass is 16.4. The van der Waals surface area contributed by atoms with Gasteiger partial charge in [-0.15, -0.1) is 0 Å². The van der Waals surface area contributed by atoms with Crippen molar-refractivity contribution in [3.05, 3.63) is 48.1 Å². The second-order valence-corrected chi connectivity index (χ2v) is 5.53. The Bertz CT molecular complexity index is 829. The molecule has 0 fully saturated rings. The lowest BCUT2D eigenvalue weighted by molar-refractivity contribution is -0.169. The molecule has 2 N–H and O–H groups in total. The van der Waals surface area contributed by atoms with Gasteiger partial charge in [0.25, 0.3) is 23.6 Å². The quantitative estimate of drug-likeness (QED) is 0.596. The maximum Gasteiger partial charge on any atom is 0.332 e. The van der Waals surface area contributed by atoms with Gasteiger partial charge in [-0.1, -0.05) is 12.2 Å². The highest BCUT2D eigenvalue weighted by Crippen LogP contribution is 2.41. The van der Waals surface area contributed by atoms with Gasteiger partial charge in [0.1, 0.15) is 5.92 Å². The summed E-state index contributed by atoms with van der Waals surface area (Å²) in [5.74, 6) is -9.37. The smallest absolute Gasteiger partial charge is 0.332 e. The van der Waals surface area contributed by atoms with Crippen LogP contribution in [0, 0.1) is 5.92 Å². The van der Waals surface area contributed by atoms with E-state index in [0.29, 0.717) is 9.80 Å². The lowest BCUT2D eigenvalue weighted by Crippen LogP contribution is -2.69. The molecule has 1 aliphatic carbocycles. The summed E-state index contributed by atoms with van der Waals surface area (Å²) in [5, 5.41) is 19.0. The van der Waals surface area contributed by atoms with Crippen LogP contribution < -0.4 is 0 Å². The summed E-state index contributed by atoms with van der Waals surface area (Å²) in [6.45, 7) is 0. The van der Waals surface area contributed by atoms with Gasteiger partial charge in [0.2, 0.25) is 0 Å². The van der Waals surface area contributed by atoms with Crippen LogP contribution in [0.1, 0.15) is 0 Å². The zero-order chi connectivity index (χ0) is 19.2. The molecule has 1 unspecified atom stereocenters. The minimum atomic E-state index is -2.47. The minimum Gasteiger partial charge on any atom is -0.481 e. The van der Waals surface area contributed by atoms with E-state index in [2.05, 4.69) is 0 Å². The standard InChI is InChI=1S/C16H10N2O8/c19-9-3-4-10(20)17(9)16(18-11(21)5-6-12(18)22)7-1-2-8(14(23)24)13(16)15(25)26/h1-7,13H,(H,23,24)(H,25,26). The van der Waals surface area contributed by atoms with Crippen molar-refractivity contribution in [2.45, 2.75) is 5.66 Å². The lowest BCUT2D eigenvalue weighted by Gasteiger charge is -2.47. The first-order chi connectivity index (χ1) is 12.2. The van der Waals surface area contributed by atoms with Gasteiger partial charge in [-0.25, -0.2) is 14.6 Å². The molecule has 26 heavy (non-hydrogen) atoms. The molecule has 10 heteroatoms. The van der Waals surface area contributed by atoms with E-state index in [1.165, 1.54) is 0 Å². The van der Waals surface area contributed by atoms with E-state index < -0.39 is 52.7 Å². The Hall–Kier alpha value is -3.82. The number of carbonyl (C=O) groups is 6. The lowest BCUT2D eigenvalue weighted by atomic mass is 9.79. The Morgan fingerprint density at radius 2 is 1.27 bits per heavy atom. The van der Waals surface area contributed by atoms with E-state index in [1.807, 2.05) is 0 Å². The van der Waals surface area contributed by atoms with Crippen LogP contribution in [-0.4, -0.2) is 61.2 Å². The molecular formula is C16H10N2O8. The van der Waals surface area contributed by atoms with Crippen LogP contribution in [0.3, 0.4) is 0 Å². The highest BCUT2D eigenvalue weighted by Gasteiger charge is 2.61. The van der Waals surface area contributed by atoms with Crippen LogP contribution in [0.15, 0.2) is 48.1 Å². The number of rotatable bonds is 4. The van der Waals surface area contributed by atoms with Crippen molar-refractivity contribution in [2.75, 3.05) is 0 Å². The first-order valence-electron chi connectivity index (χ1n) is 7.20. The number of nitrogens with zero attached hydrogens (tertiary/aromatic N) is 2. The minimum absolute atomic E-state index is 0.404. The predicted octanol–water partition coefficient (Wildman–Crippen LogP) is -1.19. The molecule has 4 amide bonds. The largest absolute Gasteiger partial charge is 0.481 e. The molecule has 0 aromatic carbocycles. The van der Waals surface area contributed by atoms with Crippen molar-refractivity contribution in [3.63, 3.8) is 0 Å². The SMILES string of the molecule is O=C(O)C1=CC=CC(N2C(=O)C=CC2=O)(N2C(=O)C=CC2=O)C1C(=O)O. The number of allylic oxidation sites excluding steroid dienone is 2. The van der Waals surface area contributed by atoms with Crippen molar-refractivity contribution in [3.8, 4) is 0 Å². The number of hydrogen-bond donors (Lipinski definition) is 2. The average Bonchev–Trinajstić information content (AvgIpc) is 3.08. The fraction of sp³-hybridized carbons (Fsp3) is 0.125. The fourth-order valence-electron chi connectivity index (χ4n) is 3.24. The van der Waals surface area contributed by atoms with E-state index in [1.54, 1.807) is 0 Å². The molecule has 0 bridgehead atoms. The molecule has 0 radical (unpaired) electrons. The van der Waals surface area contributed by atoms with Crippen LogP contribution in [0.25, 0.3) is 0 Å². The van der Waals surface area contributed by atoms with Crippen molar-refractivity contribution in [1.82, 2.24) is 9.80 Å². The van der Waals surface area contributed by atoms with Crippen molar-refractivity contribution in [1.29, 1.82) is 0 Å². The molecule has 2 aliphatic heterocycles. The molecule has 132 valence electrons. The average molecular weight is 358 g/mol. The number of hydrogen-bond acceptors (Lipinski definition) is 6. The third-order valence-electron chi connectivity index (χ3n) is 4.18. The summed E-state index contributed by atoms with van der Waals surface area (Å²) in [6.07, 6.45) is 6.41. The molecule has 2 heterocycles. The molecule has 3 aliphatic rings. The first kappa shape index (κ1) is 17.0. The molecule has 0 spiro atoms. The maximum atomic E-state index is 12.3. The van der Waals surface area contributed by atoms with E-state index in [-0.39, 0.29) is 0 Å². The second-order valence-electron chi connectivity index (χ2n) is 5.53. The second kappa shape index (κ2) is 5.62. The van der Waals surface area contributed by atoms with Gasteiger partial charge in [-0.3, -0.25) is 24.0 Å². The first-order valence-corrected chi connectivity index (χ1v) is 7.20. The summed E-state index contributed by atoms with van der Waals surface area (Å²) in [5.41, 5.74) is -3.16. The molecular weight excluding hydrogens is 348 g/mol. The van der Waals surface area contributed by atoms with Crippen molar-refractivity contribution >= 4 is 35.6 Å². The van der Waals surface area contributed by atoms with Crippen LogP contribution in [0.5, 0.6) is 0 Å². The molecule has 0 saturated carbocycles. The number of aliphatic carboxylic acids is 2. The van der Waals surface area contributed by atoms with Gasteiger partial charge >= 0.3 is 11.9 Å². The Kier molecular flexibility index (Phi) is 3.68. The number of carbonyl (C=O) groups excluding carboxylic acids is 4. The Balaban J connectivity index is 2.31. The molecule has 10 nitrogen and oxygen atoms in total. The number of imide groups is 2. The van der Waals surface area contributed by atoms with Crippen molar-refractivity contribution in [2.24, 2.45) is 5.92 Å². The van der Waals surface area contributed by atoms with Gasteiger partial charge in [-0.05, 0) is 6.08 Å². The van der Waals surface area contributed by atoms with Gasteiger partial charge in [0, 0.05) is 24.3 Å². The predicted molar refractivity (Wildman–Crippen MR) is 80.7 cm³/mol. The van der Waals surface area contributed by atoms with Crippen molar-refractivity contribution < 1.29 is 39.0 Å². The zero-order valence-corrected chi connectivity index (χ0v) is 12.9. The summed E-state index contributed by atoms with van der Waals surface area (Å²) in [6, 6.07) is 0. The highest BCUT2D eigenvalue weighted by molar-refractivity contribution is 6.18. The van der Waals surface area contributed by atoms with Crippen LogP contribution in [0.4, 0.5) is 0 Å². The number of carboxylic acids is 2. The molecule has 3 rings (SSSR count). The van der Waals surface area contributed by atoms with E-state index in [9.17, 15) is 39.0 Å². The van der Waals surface area contributed by atoms with E-state index in [0.717, 1.165) is 42.5 Å². The monoisotopic (exact) mass is 358 g/mol. The summed E-state index contributed by atoms with van der Waals surface area (Å²) < 4.78 is 0. The van der Waals surface area contributed by atoms with Gasteiger partial charge < -0.3 is 10.2 Å². The molecule has 0 aromatic rings. The summed E-state index contributed by atoms with van der Waals surface area (Å²) in [7, 11) is 0. The third kappa shape index (κ3) is 2.12. The Morgan fingerprint density at radius 3 is 1.62 bits per heavy atom. The van der Waals surface area contributed by atoms with Gasteiger partial charge in [0.05, 0.1) is 5.57 Å².